The first kappa shape index (κ1) is 15.8. The summed E-state index contributed by atoms with van der Waals surface area (Å²) in [5.41, 5.74) is 0.972. The Kier molecular flexibility index (Phi) is 3.89. The summed E-state index contributed by atoms with van der Waals surface area (Å²) in [6.07, 6.45) is 7.44. The zero-order chi connectivity index (χ0) is 16.2. The van der Waals surface area contributed by atoms with Crippen LogP contribution >= 0.6 is 23.2 Å². The normalized spacial score (nSPS) is 34.7. The van der Waals surface area contributed by atoms with Gasteiger partial charge in [0.05, 0.1) is 15.5 Å². The summed E-state index contributed by atoms with van der Waals surface area (Å²) < 4.78 is 0. The highest BCUT2D eigenvalue weighted by molar-refractivity contribution is 6.42. The summed E-state index contributed by atoms with van der Waals surface area (Å²) in [6.45, 7) is 0.609. The van der Waals surface area contributed by atoms with E-state index in [1.165, 1.54) is 19.3 Å². The molecular weight excluding hydrogens is 329 g/mol. The summed E-state index contributed by atoms with van der Waals surface area (Å²) >= 11 is 12.1. The molecule has 0 atom stereocenters. The topological polar surface area (TPSA) is 20.3 Å². The number of hydrogen-bond donors (Lipinski definition) is 0. The number of nitrogens with zero attached hydrogens (tertiary/aromatic N) is 1. The Morgan fingerprint density at radius 2 is 1.65 bits per heavy atom. The van der Waals surface area contributed by atoms with Crippen LogP contribution < -0.4 is 0 Å². The molecule has 1 aromatic carbocycles. The van der Waals surface area contributed by atoms with Gasteiger partial charge < -0.3 is 4.90 Å². The fourth-order valence-electron chi connectivity index (χ4n) is 5.76. The first-order chi connectivity index (χ1) is 10.9. The number of halogens is 2. The number of rotatable bonds is 3. The summed E-state index contributed by atoms with van der Waals surface area (Å²) in [5.74, 6) is 2.73. The van der Waals surface area contributed by atoms with Gasteiger partial charge in [0.2, 0.25) is 5.91 Å². The molecule has 4 fully saturated rings. The molecule has 0 saturated heterocycles. The Hall–Kier alpha value is -0.730. The van der Waals surface area contributed by atoms with E-state index in [-0.39, 0.29) is 5.41 Å². The van der Waals surface area contributed by atoms with Crippen LogP contribution in [0, 0.1) is 23.2 Å². The lowest BCUT2D eigenvalue weighted by Crippen LogP contribution is -2.53. The van der Waals surface area contributed by atoms with Crippen molar-refractivity contribution in [2.75, 3.05) is 7.05 Å². The Balaban J connectivity index is 1.51. The van der Waals surface area contributed by atoms with E-state index in [9.17, 15) is 4.79 Å². The molecular formula is C19H23Cl2NO. The van der Waals surface area contributed by atoms with Gasteiger partial charge in [-0.05, 0) is 74.0 Å². The Bertz CT molecular complexity index is 607. The van der Waals surface area contributed by atoms with Crippen LogP contribution in [0.25, 0.3) is 0 Å². The van der Waals surface area contributed by atoms with Crippen molar-refractivity contribution in [2.24, 2.45) is 23.2 Å². The highest BCUT2D eigenvalue weighted by Crippen LogP contribution is 2.60. The largest absolute Gasteiger partial charge is 0.341 e. The van der Waals surface area contributed by atoms with Gasteiger partial charge in [0, 0.05) is 13.6 Å². The molecule has 0 spiro atoms. The number of amides is 1. The van der Waals surface area contributed by atoms with Gasteiger partial charge in [-0.2, -0.15) is 0 Å². The number of hydrogen-bond acceptors (Lipinski definition) is 1. The molecule has 0 heterocycles. The summed E-state index contributed by atoms with van der Waals surface area (Å²) in [4.78, 5) is 15.1. The van der Waals surface area contributed by atoms with Crippen molar-refractivity contribution in [3.05, 3.63) is 33.8 Å². The molecule has 0 radical (unpaired) electrons. The van der Waals surface area contributed by atoms with Crippen LogP contribution in [-0.4, -0.2) is 17.9 Å². The van der Waals surface area contributed by atoms with Gasteiger partial charge in [-0.3, -0.25) is 4.79 Å². The second-order valence-electron chi connectivity index (χ2n) is 8.11. The van der Waals surface area contributed by atoms with E-state index in [1.54, 1.807) is 0 Å². The molecule has 4 saturated carbocycles. The SMILES string of the molecule is CN(Cc1ccc(Cl)c(Cl)c1)C(=O)C12CC3CC(CC(C3)C1)C2. The third-order valence-electron chi connectivity index (χ3n) is 6.24. The van der Waals surface area contributed by atoms with E-state index < -0.39 is 0 Å². The monoisotopic (exact) mass is 351 g/mol. The molecule has 23 heavy (non-hydrogen) atoms. The van der Waals surface area contributed by atoms with Gasteiger partial charge in [-0.15, -0.1) is 0 Å². The predicted octanol–water partition coefficient (Wildman–Crippen LogP) is 5.17. The fourth-order valence-corrected chi connectivity index (χ4v) is 6.08. The minimum absolute atomic E-state index is 0.0697. The van der Waals surface area contributed by atoms with Crippen LogP contribution in [0.3, 0.4) is 0 Å². The van der Waals surface area contributed by atoms with Crippen molar-refractivity contribution in [3.8, 4) is 0 Å². The van der Waals surface area contributed by atoms with E-state index in [2.05, 4.69) is 0 Å². The van der Waals surface area contributed by atoms with Crippen molar-refractivity contribution in [2.45, 2.75) is 45.1 Å². The van der Waals surface area contributed by atoms with Crippen LogP contribution in [0.1, 0.15) is 44.1 Å². The van der Waals surface area contributed by atoms with Crippen molar-refractivity contribution in [3.63, 3.8) is 0 Å². The van der Waals surface area contributed by atoms with Crippen LogP contribution in [-0.2, 0) is 11.3 Å². The zero-order valence-electron chi connectivity index (χ0n) is 13.5. The molecule has 4 aliphatic rings. The van der Waals surface area contributed by atoms with E-state index in [0.717, 1.165) is 42.6 Å². The molecule has 0 N–H and O–H groups in total. The molecule has 0 unspecified atom stereocenters. The highest BCUT2D eigenvalue weighted by atomic mass is 35.5. The molecule has 1 amide bonds. The van der Waals surface area contributed by atoms with Gasteiger partial charge in [-0.25, -0.2) is 0 Å². The maximum Gasteiger partial charge on any atom is 0.228 e. The predicted molar refractivity (Wildman–Crippen MR) is 93.5 cm³/mol. The van der Waals surface area contributed by atoms with E-state index in [1.807, 2.05) is 30.1 Å². The standard InChI is InChI=1S/C19H23Cl2NO/c1-22(11-12-2-3-16(20)17(21)7-12)18(23)19-8-13-4-14(9-19)6-15(5-13)10-19/h2-3,7,13-15H,4-6,8-11H2,1H3. The smallest absolute Gasteiger partial charge is 0.228 e. The van der Waals surface area contributed by atoms with Crippen LogP contribution in [0.15, 0.2) is 18.2 Å². The minimum Gasteiger partial charge on any atom is -0.341 e. The van der Waals surface area contributed by atoms with E-state index >= 15 is 0 Å². The van der Waals surface area contributed by atoms with Crippen molar-refractivity contribution in [1.29, 1.82) is 0 Å². The summed E-state index contributed by atoms with van der Waals surface area (Å²) in [6, 6.07) is 5.63. The molecule has 4 aliphatic carbocycles. The molecule has 124 valence electrons. The van der Waals surface area contributed by atoms with Gasteiger partial charge in [-0.1, -0.05) is 29.3 Å². The Labute approximate surface area is 148 Å². The summed E-state index contributed by atoms with van der Waals surface area (Å²) in [5, 5.41) is 1.12. The van der Waals surface area contributed by atoms with Gasteiger partial charge in [0.1, 0.15) is 0 Å². The fraction of sp³-hybridized carbons (Fsp3) is 0.632. The molecule has 5 rings (SSSR count). The summed E-state index contributed by atoms with van der Waals surface area (Å²) in [7, 11) is 1.93. The van der Waals surface area contributed by atoms with Gasteiger partial charge in [0.25, 0.3) is 0 Å². The lowest BCUT2D eigenvalue weighted by atomic mass is 9.49. The number of carbonyl (C=O) groups excluding carboxylic acids is 1. The Morgan fingerprint density at radius 1 is 1.09 bits per heavy atom. The lowest BCUT2D eigenvalue weighted by molar-refractivity contribution is -0.156. The zero-order valence-corrected chi connectivity index (χ0v) is 15.0. The van der Waals surface area contributed by atoms with Gasteiger partial charge >= 0.3 is 0 Å². The van der Waals surface area contributed by atoms with Crippen molar-refractivity contribution < 1.29 is 4.79 Å². The van der Waals surface area contributed by atoms with Gasteiger partial charge in [0.15, 0.2) is 0 Å². The first-order valence-electron chi connectivity index (χ1n) is 8.65. The molecule has 1 aromatic rings. The Morgan fingerprint density at radius 3 is 2.17 bits per heavy atom. The molecule has 0 aromatic heterocycles. The maximum absolute atomic E-state index is 13.2. The molecule has 4 bridgehead atoms. The number of carbonyl (C=O) groups is 1. The quantitative estimate of drug-likeness (QED) is 0.735. The van der Waals surface area contributed by atoms with E-state index in [0.29, 0.717) is 22.5 Å². The maximum atomic E-state index is 13.2. The van der Waals surface area contributed by atoms with Crippen LogP contribution in [0.2, 0.25) is 10.0 Å². The minimum atomic E-state index is -0.0697. The molecule has 4 heteroatoms. The average Bonchev–Trinajstić information content (AvgIpc) is 2.49. The molecule has 0 aliphatic heterocycles. The lowest BCUT2D eigenvalue weighted by Gasteiger charge is -2.56. The number of benzene rings is 1. The van der Waals surface area contributed by atoms with Crippen LogP contribution in [0.4, 0.5) is 0 Å². The average molecular weight is 352 g/mol. The van der Waals surface area contributed by atoms with E-state index in [4.69, 9.17) is 23.2 Å². The third kappa shape index (κ3) is 2.78. The van der Waals surface area contributed by atoms with Crippen molar-refractivity contribution in [1.82, 2.24) is 4.90 Å². The third-order valence-corrected chi connectivity index (χ3v) is 6.98. The highest BCUT2D eigenvalue weighted by Gasteiger charge is 2.55. The second-order valence-corrected chi connectivity index (χ2v) is 8.92. The van der Waals surface area contributed by atoms with Crippen LogP contribution in [0.5, 0.6) is 0 Å². The second kappa shape index (κ2) is 5.67. The molecule has 2 nitrogen and oxygen atoms in total. The first-order valence-corrected chi connectivity index (χ1v) is 9.40. The van der Waals surface area contributed by atoms with Crippen molar-refractivity contribution >= 4 is 29.1 Å².